The number of hydrogen-bond acceptors (Lipinski definition) is 4. The van der Waals surface area contributed by atoms with E-state index in [9.17, 15) is 18.0 Å². The molecule has 160 valence electrons. The summed E-state index contributed by atoms with van der Waals surface area (Å²) in [7, 11) is 1.58. The zero-order chi connectivity index (χ0) is 21.6. The van der Waals surface area contributed by atoms with Crippen molar-refractivity contribution in [3.05, 3.63) is 71.3 Å². The maximum absolute atomic E-state index is 12.8. The molecule has 0 saturated heterocycles. The largest absolute Gasteiger partial charge is 0.416 e. The smallest absolute Gasteiger partial charge is 0.395 e. The third-order valence-corrected chi connectivity index (χ3v) is 5.05. The molecule has 2 unspecified atom stereocenters. The van der Waals surface area contributed by atoms with Crippen molar-refractivity contribution in [2.45, 2.75) is 37.5 Å². The molecule has 1 heterocycles. The van der Waals surface area contributed by atoms with Gasteiger partial charge in [0.2, 0.25) is 5.91 Å². The van der Waals surface area contributed by atoms with Gasteiger partial charge >= 0.3 is 6.18 Å². The van der Waals surface area contributed by atoms with E-state index in [0.29, 0.717) is 25.9 Å². The Kier molecular flexibility index (Phi) is 7.10. The first kappa shape index (κ1) is 21.8. The van der Waals surface area contributed by atoms with E-state index < -0.39 is 17.8 Å². The van der Waals surface area contributed by atoms with Gasteiger partial charge in [0.1, 0.15) is 12.6 Å². The van der Waals surface area contributed by atoms with Crippen LogP contribution in [0.3, 0.4) is 0 Å². The van der Waals surface area contributed by atoms with Crippen molar-refractivity contribution >= 4 is 11.6 Å². The number of amides is 1. The topological polar surface area (TPSA) is 62.7 Å². The van der Waals surface area contributed by atoms with Gasteiger partial charge in [-0.1, -0.05) is 47.6 Å². The molecule has 2 N–H and O–H groups in total. The molecule has 30 heavy (non-hydrogen) atoms. The molecular weight excluding hydrogens is 395 g/mol. The Labute approximate surface area is 173 Å². The molecule has 3 rings (SSSR count). The number of halogens is 3. The fourth-order valence-corrected chi connectivity index (χ4v) is 3.39. The molecule has 0 radical (unpaired) electrons. The molecular formula is C22H24F3N3O2. The predicted octanol–water partition coefficient (Wildman–Crippen LogP) is 3.86. The lowest BCUT2D eigenvalue weighted by Gasteiger charge is -2.25. The van der Waals surface area contributed by atoms with Crippen LogP contribution in [0.25, 0.3) is 0 Å². The van der Waals surface area contributed by atoms with Crippen LogP contribution in [0.4, 0.5) is 13.2 Å². The zero-order valence-corrected chi connectivity index (χ0v) is 16.6. The highest BCUT2D eigenvalue weighted by atomic mass is 19.4. The molecule has 2 aromatic carbocycles. The number of likely N-dealkylation sites (N-methyl/N-ethyl adjacent to an activating group) is 1. The van der Waals surface area contributed by atoms with Gasteiger partial charge in [0.15, 0.2) is 0 Å². The molecule has 0 aromatic heterocycles. The highest BCUT2D eigenvalue weighted by Crippen LogP contribution is 2.29. The van der Waals surface area contributed by atoms with Crippen LogP contribution in [-0.4, -0.2) is 31.3 Å². The number of carbonyl (C=O) groups is 1. The Morgan fingerprint density at radius 3 is 2.40 bits per heavy atom. The minimum absolute atomic E-state index is 0.180. The van der Waals surface area contributed by atoms with Crippen LogP contribution >= 0.6 is 0 Å². The van der Waals surface area contributed by atoms with Crippen LogP contribution in [0, 0.1) is 0 Å². The van der Waals surface area contributed by atoms with E-state index in [4.69, 9.17) is 4.84 Å². The van der Waals surface area contributed by atoms with Gasteiger partial charge in [0.25, 0.3) is 0 Å². The number of carbonyl (C=O) groups excluding carboxylic acids is 1. The summed E-state index contributed by atoms with van der Waals surface area (Å²) < 4.78 is 38.3. The lowest BCUT2D eigenvalue weighted by Crippen LogP contribution is -2.45. The van der Waals surface area contributed by atoms with E-state index in [1.54, 1.807) is 7.05 Å². The summed E-state index contributed by atoms with van der Waals surface area (Å²) in [4.78, 5) is 17.7. The van der Waals surface area contributed by atoms with Gasteiger partial charge in [-0.25, -0.2) is 0 Å². The molecule has 2 aromatic rings. The quantitative estimate of drug-likeness (QED) is 0.683. The van der Waals surface area contributed by atoms with Crippen molar-refractivity contribution in [1.82, 2.24) is 10.6 Å². The highest BCUT2D eigenvalue weighted by Gasteiger charge is 2.30. The van der Waals surface area contributed by atoms with Gasteiger partial charge in [0.05, 0.1) is 17.3 Å². The molecule has 0 saturated carbocycles. The molecule has 1 aliphatic rings. The highest BCUT2D eigenvalue weighted by molar-refractivity contribution is 5.91. The van der Waals surface area contributed by atoms with E-state index in [1.165, 1.54) is 12.1 Å². The lowest BCUT2D eigenvalue weighted by molar-refractivity contribution is -0.137. The number of alkyl halides is 3. The summed E-state index contributed by atoms with van der Waals surface area (Å²) in [6.07, 6.45) is -2.62. The van der Waals surface area contributed by atoms with Crippen LogP contribution in [-0.2, 0) is 22.2 Å². The second kappa shape index (κ2) is 9.75. The molecule has 2 atom stereocenters. The van der Waals surface area contributed by atoms with Gasteiger partial charge < -0.3 is 10.2 Å². The van der Waals surface area contributed by atoms with E-state index in [1.807, 2.05) is 30.3 Å². The van der Waals surface area contributed by atoms with Gasteiger partial charge in [-0.2, -0.15) is 13.2 Å². The summed E-state index contributed by atoms with van der Waals surface area (Å²) >= 11 is 0. The number of nitrogens with zero attached hydrogens (tertiary/aromatic N) is 1. The molecule has 0 fully saturated rings. The van der Waals surface area contributed by atoms with Crippen molar-refractivity contribution in [2.75, 3.05) is 13.7 Å². The standard InChI is InChI=1S/C22H24F3N3O2/c1-26-21(29)20(16-5-3-2-4-6-16)27-18(19-13-14-30-28-19)12-9-15-7-10-17(11-8-15)22(23,24)25/h2-8,10-11,18,20,27H,9,12-14H2,1H3,(H,26,29). The fraction of sp³-hybridized carbons (Fsp3) is 0.364. The van der Waals surface area contributed by atoms with Crippen molar-refractivity contribution < 1.29 is 22.8 Å². The average molecular weight is 419 g/mol. The lowest BCUT2D eigenvalue weighted by atomic mass is 9.97. The number of benzene rings is 2. The normalized spacial score (nSPS) is 15.8. The number of oxime groups is 1. The monoisotopic (exact) mass is 419 g/mol. The first-order valence-electron chi connectivity index (χ1n) is 9.76. The second-order valence-corrected chi connectivity index (χ2v) is 7.08. The summed E-state index contributed by atoms with van der Waals surface area (Å²) in [5.74, 6) is -0.180. The fourth-order valence-electron chi connectivity index (χ4n) is 3.39. The van der Waals surface area contributed by atoms with Gasteiger partial charge in [0, 0.05) is 13.5 Å². The maximum atomic E-state index is 12.8. The van der Waals surface area contributed by atoms with Crippen LogP contribution in [0.15, 0.2) is 59.8 Å². The van der Waals surface area contributed by atoms with Gasteiger partial charge in [-0.3, -0.25) is 10.1 Å². The Hall–Kier alpha value is -2.87. The van der Waals surface area contributed by atoms with E-state index in [-0.39, 0.29) is 11.9 Å². The Morgan fingerprint density at radius 1 is 1.13 bits per heavy atom. The maximum Gasteiger partial charge on any atom is 0.416 e. The molecule has 0 bridgehead atoms. The Morgan fingerprint density at radius 2 is 1.83 bits per heavy atom. The average Bonchev–Trinajstić information content (AvgIpc) is 3.28. The van der Waals surface area contributed by atoms with E-state index >= 15 is 0 Å². The number of aryl methyl sites for hydroxylation is 1. The SMILES string of the molecule is CNC(=O)C(NC(CCc1ccc(C(F)(F)F)cc1)C1=NOCC1)c1ccccc1. The Balaban J connectivity index is 1.75. The van der Waals surface area contributed by atoms with Crippen molar-refractivity contribution in [2.24, 2.45) is 5.16 Å². The molecule has 8 heteroatoms. The van der Waals surface area contributed by atoms with Crippen molar-refractivity contribution in [1.29, 1.82) is 0 Å². The first-order valence-corrected chi connectivity index (χ1v) is 9.76. The van der Waals surface area contributed by atoms with E-state index in [2.05, 4.69) is 15.8 Å². The number of hydrogen-bond donors (Lipinski definition) is 2. The minimum atomic E-state index is -4.35. The summed E-state index contributed by atoms with van der Waals surface area (Å²) in [5, 5.41) is 10.1. The Bertz CT molecular complexity index is 867. The summed E-state index contributed by atoms with van der Waals surface area (Å²) in [5.41, 5.74) is 1.73. The first-order chi connectivity index (χ1) is 14.4. The summed E-state index contributed by atoms with van der Waals surface area (Å²) in [6.45, 7) is 0.476. The van der Waals surface area contributed by atoms with Gasteiger partial charge in [-0.05, 0) is 36.1 Å². The molecule has 1 aliphatic heterocycles. The zero-order valence-electron chi connectivity index (χ0n) is 16.6. The molecule has 1 amide bonds. The number of rotatable bonds is 8. The predicted molar refractivity (Wildman–Crippen MR) is 108 cm³/mol. The third-order valence-electron chi connectivity index (χ3n) is 5.05. The summed E-state index contributed by atoms with van der Waals surface area (Å²) in [6, 6.07) is 13.6. The van der Waals surface area contributed by atoms with Crippen LogP contribution < -0.4 is 10.6 Å². The minimum Gasteiger partial charge on any atom is -0.395 e. The van der Waals surface area contributed by atoms with Crippen LogP contribution in [0.2, 0.25) is 0 Å². The number of nitrogens with one attached hydrogen (secondary N) is 2. The molecule has 0 aliphatic carbocycles. The van der Waals surface area contributed by atoms with E-state index in [0.717, 1.165) is 29.0 Å². The van der Waals surface area contributed by atoms with Crippen LogP contribution in [0.1, 0.15) is 35.6 Å². The van der Waals surface area contributed by atoms with Crippen LogP contribution in [0.5, 0.6) is 0 Å². The van der Waals surface area contributed by atoms with Crippen molar-refractivity contribution in [3.63, 3.8) is 0 Å². The van der Waals surface area contributed by atoms with Crippen molar-refractivity contribution in [3.8, 4) is 0 Å². The molecule has 0 spiro atoms. The second-order valence-electron chi connectivity index (χ2n) is 7.08. The van der Waals surface area contributed by atoms with Gasteiger partial charge in [-0.15, -0.1) is 0 Å². The molecule has 5 nitrogen and oxygen atoms in total. The third kappa shape index (κ3) is 5.60.